The molecule has 7 nitrogen and oxygen atoms in total. The van der Waals surface area contributed by atoms with Crippen molar-refractivity contribution in [2.75, 3.05) is 0 Å². The molecule has 1 saturated heterocycles. The van der Waals surface area contributed by atoms with Gasteiger partial charge < -0.3 is 8.83 Å². The van der Waals surface area contributed by atoms with Crippen LogP contribution in [0.3, 0.4) is 0 Å². The van der Waals surface area contributed by atoms with Crippen molar-refractivity contribution >= 4 is 47.1 Å². The summed E-state index contributed by atoms with van der Waals surface area (Å²) in [5.74, 6) is -0.514. The lowest BCUT2D eigenvalue weighted by molar-refractivity contribution is -0.130. The Morgan fingerprint density at radius 2 is 1.86 bits per heavy atom. The molecule has 3 aromatic rings. The fourth-order valence-electron chi connectivity index (χ4n) is 2.81. The van der Waals surface area contributed by atoms with Crippen LogP contribution in [0.2, 0.25) is 10.0 Å². The second-order valence-corrected chi connectivity index (χ2v) is 6.88. The Morgan fingerprint density at radius 1 is 1.03 bits per heavy atom. The molecule has 1 aliphatic heterocycles. The monoisotopic (exact) mass is 430 g/mol. The van der Waals surface area contributed by atoms with Crippen molar-refractivity contribution < 1.29 is 23.2 Å². The number of benzene rings is 1. The summed E-state index contributed by atoms with van der Waals surface area (Å²) >= 11 is 12.2. The van der Waals surface area contributed by atoms with Crippen LogP contribution < -0.4 is 5.32 Å². The molecule has 0 saturated carbocycles. The van der Waals surface area contributed by atoms with E-state index in [1.165, 1.54) is 12.3 Å². The molecule has 3 heterocycles. The van der Waals surface area contributed by atoms with Crippen LogP contribution in [0.5, 0.6) is 0 Å². The largest absolute Gasteiger partial charge is 0.467 e. The summed E-state index contributed by atoms with van der Waals surface area (Å²) in [6.07, 6.45) is 2.69. The van der Waals surface area contributed by atoms with Crippen LogP contribution in [0, 0.1) is 0 Å². The van der Waals surface area contributed by atoms with Crippen molar-refractivity contribution in [2.45, 2.75) is 6.54 Å². The van der Waals surface area contributed by atoms with Gasteiger partial charge in [0.25, 0.3) is 11.8 Å². The number of amides is 4. The normalized spacial score (nSPS) is 15.9. The lowest BCUT2D eigenvalue weighted by atomic mass is 10.1. The number of nitrogens with zero attached hydrogens (tertiary/aromatic N) is 1. The summed E-state index contributed by atoms with van der Waals surface area (Å²) in [5.41, 5.74) is 0.326. The van der Waals surface area contributed by atoms with Crippen LogP contribution >= 0.6 is 23.2 Å². The van der Waals surface area contributed by atoms with E-state index in [1.807, 2.05) is 0 Å². The van der Waals surface area contributed by atoms with Crippen molar-refractivity contribution in [1.29, 1.82) is 0 Å². The summed E-state index contributed by atoms with van der Waals surface area (Å²) < 4.78 is 10.9. The van der Waals surface area contributed by atoms with Crippen molar-refractivity contribution in [2.24, 2.45) is 0 Å². The van der Waals surface area contributed by atoms with Gasteiger partial charge in [0.15, 0.2) is 0 Å². The van der Waals surface area contributed by atoms with Crippen molar-refractivity contribution in [3.8, 4) is 11.3 Å². The minimum atomic E-state index is -0.820. The molecule has 0 unspecified atom stereocenters. The molecule has 9 heteroatoms. The molecule has 4 rings (SSSR count). The predicted molar refractivity (Wildman–Crippen MR) is 105 cm³/mol. The molecule has 4 amide bonds. The number of hydrogen-bond donors (Lipinski definition) is 1. The van der Waals surface area contributed by atoms with Gasteiger partial charge in [0.2, 0.25) is 0 Å². The van der Waals surface area contributed by atoms with Crippen LogP contribution in [0.15, 0.2) is 63.1 Å². The van der Waals surface area contributed by atoms with Crippen LogP contribution in [0.4, 0.5) is 4.79 Å². The van der Waals surface area contributed by atoms with Gasteiger partial charge in [0.05, 0.1) is 22.9 Å². The fraction of sp³-hybridized carbons (Fsp3) is 0.0500. The Bertz CT molecular complexity index is 1150. The zero-order valence-corrected chi connectivity index (χ0v) is 16.2. The van der Waals surface area contributed by atoms with Gasteiger partial charge in [0, 0.05) is 5.56 Å². The Morgan fingerprint density at radius 3 is 2.62 bits per heavy atom. The highest BCUT2D eigenvalue weighted by Gasteiger charge is 2.36. The van der Waals surface area contributed by atoms with Gasteiger partial charge in [-0.2, -0.15) is 0 Å². The molecule has 0 aliphatic carbocycles. The molecular formula is C20H12Cl2N2O5. The van der Waals surface area contributed by atoms with E-state index in [4.69, 9.17) is 32.0 Å². The molecule has 0 atom stereocenters. The van der Waals surface area contributed by atoms with E-state index >= 15 is 0 Å². The number of halogens is 2. The van der Waals surface area contributed by atoms with Crippen LogP contribution in [0.1, 0.15) is 11.5 Å². The first-order chi connectivity index (χ1) is 13.9. The lowest BCUT2D eigenvalue weighted by Gasteiger charge is -2.25. The van der Waals surface area contributed by atoms with Gasteiger partial charge in [-0.05, 0) is 42.5 Å². The topological polar surface area (TPSA) is 92.8 Å². The number of furan rings is 2. The molecule has 1 N–H and O–H groups in total. The first-order valence-electron chi connectivity index (χ1n) is 8.39. The quantitative estimate of drug-likeness (QED) is 0.485. The number of hydrogen-bond acceptors (Lipinski definition) is 5. The molecule has 0 bridgehead atoms. The number of barbiturate groups is 1. The molecule has 0 spiro atoms. The maximum atomic E-state index is 12.7. The molecular weight excluding hydrogens is 419 g/mol. The first kappa shape index (κ1) is 19.0. The second kappa shape index (κ2) is 7.62. The van der Waals surface area contributed by atoms with Crippen LogP contribution in [-0.2, 0) is 16.1 Å². The van der Waals surface area contributed by atoms with Gasteiger partial charge in [-0.25, -0.2) is 4.79 Å². The Labute approximate surface area is 174 Å². The number of carbonyl (C=O) groups excluding carboxylic acids is 3. The zero-order chi connectivity index (χ0) is 20.5. The third-order valence-electron chi connectivity index (χ3n) is 4.21. The van der Waals surface area contributed by atoms with E-state index in [9.17, 15) is 14.4 Å². The minimum absolute atomic E-state index is 0.107. The maximum absolute atomic E-state index is 12.7. The maximum Gasteiger partial charge on any atom is 0.331 e. The smallest absolute Gasteiger partial charge is 0.331 e. The Balaban J connectivity index is 1.64. The SMILES string of the molecule is O=C1NC(=O)N(Cc2ccco2)C(=O)C1=Cc1ccc(-c2cccc(Cl)c2Cl)o1. The first-order valence-corrected chi connectivity index (χ1v) is 9.15. The standard InChI is InChI=1S/C20H12Cl2N2O5/c21-15-5-1-4-13(17(15)22)16-7-6-11(29-16)9-14-18(25)23-20(27)24(19(14)26)10-12-3-2-8-28-12/h1-9H,10H2,(H,23,25,27). The fourth-order valence-corrected chi connectivity index (χ4v) is 3.20. The summed E-state index contributed by atoms with van der Waals surface area (Å²) in [6.45, 7) is -0.107. The summed E-state index contributed by atoms with van der Waals surface area (Å²) in [6, 6.07) is 10.7. The van der Waals surface area contributed by atoms with Gasteiger partial charge in [-0.15, -0.1) is 0 Å². The zero-order valence-electron chi connectivity index (χ0n) is 14.6. The van der Waals surface area contributed by atoms with Crippen molar-refractivity contribution in [1.82, 2.24) is 10.2 Å². The number of urea groups is 1. The highest BCUT2D eigenvalue weighted by Crippen LogP contribution is 2.34. The highest BCUT2D eigenvalue weighted by atomic mass is 35.5. The van der Waals surface area contributed by atoms with E-state index < -0.39 is 17.8 Å². The minimum Gasteiger partial charge on any atom is -0.467 e. The van der Waals surface area contributed by atoms with E-state index in [1.54, 1.807) is 42.5 Å². The second-order valence-electron chi connectivity index (χ2n) is 6.09. The lowest BCUT2D eigenvalue weighted by Crippen LogP contribution is -2.53. The van der Waals surface area contributed by atoms with Crippen molar-refractivity contribution in [3.63, 3.8) is 0 Å². The third-order valence-corrected chi connectivity index (χ3v) is 5.03. The molecule has 1 aromatic carbocycles. The number of imide groups is 2. The number of carbonyl (C=O) groups is 3. The average molecular weight is 431 g/mol. The summed E-state index contributed by atoms with van der Waals surface area (Å²) in [5, 5.41) is 2.83. The molecule has 29 heavy (non-hydrogen) atoms. The summed E-state index contributed by atoms with van der Waals surface area (Å²) in [4.78, 5) is 37.8. The highest BCUT2D eigenvalue weighted by molar-refractivity contribution is 6.43. The van der Waals surface area contributed by atoms with E-state index in [0.29, 0.717) is 27.1 Å². The molecule has 1 aliphatic rings. The van der Waals surface area contributed by atoms with Gasteiger partial charge >= 0.3 is 6.03 Å². The number of nitrogens with one attached hydrogen (secondary N) is 1. The van der Waals surface area contributed by atoms with Gasteiger partial charge in [-0.1, -0.05) is 29.3 Å². The third kappa shape index (κ3) is 3.70. The Kier molecular flexibility index (Phi) is 5.00. The van der Waals surface area contributed by atoms with Gasteiger partial charge in [-0.3, -0.25) is 19.8 Å². The van der Waals surface area contributed by atoms with Crippen LogP contribution in [-0.4, -0.2) is 22.7 Å². The van der Waals surface area contributed by atoms with E-state index in [2.05, 4.69) is 5.32 Å². The predicted octanol–water partition coefficient (Wildman–Crippen LogP) is 4.51. The van der Waals surface area contributed by atoms with E-state index in [0.717, 1.165) is 4.90 Å². The number of rotatable bonds is 4. The summed E-state index contributed by atoms with van der Waals surface area (Å²) in [7, 11) is 0. The molecule has 146 valence electrons. The van der Waals surface area contributed by atoms with Crippen molar-refractivity contribution in [3.05, 3.63) is 75.9 Å². The van der Waals surface area contributed by atoms with E-state index in [-0.39, 0.29) is 17.9 Å². The molecule has 0 radical (unpaired) electrons. The van der Waals surface area contributed by atoms with Gasteiger partial charge in [0.1, 0.15) is 22.9 Å². The molecule has 2 aromatic heterocycles. The molecule has 1 fully saturated rings. The van der Waals surface area contributed by atoms with Crippen LogP contribution in [0.25, 0.3) is 17.4 Å². The average Bonchev–Trinajstić information content (AvgIpc) is 3.36. The Hall–Kier alpha value is -3.29.